The van der Waals surface area contributed by atoms with Crippen LogP contribution >= 0.6 is 11.3 Å². The van der Waals surface area contributed by atoms with Gasteiger partial charge < -0.3 is 5.32 Å². The van der Waals surface area contributed by atoms with Crippen LogP contribution in [0.5, 0.6) is 0 Å². The Morgan fingerprint density at radius 2 is 2.18 bits per heavy atom. The first-order valence-electron chi connectivity index (χ1n) is 5.84. The standard InChI is InChI=1S/C13H15NOS2/c15-17(8-10-5-14-6-10)9-11-7-16-13-4-2-1-3-12(11)13/h1-4,7,10,14H,5-6,8-9H2. The Labute approximate surface area is 107 Å². The molecular weight excluding hydrogens is 250 g/mol. The number of rotatable bonds is 4. The zero-order chi connectivity index (χ0) is 11.7. The molecule has 4 heteroatoms. The van der Waals surface area contributed by atoms with E-state index in [-0.39, 0.29) is 0 Å². The first-order chi connectivity index (χ1) is 8.33. The lowest BCUT2D eigenvalue weighted by Gasteiger charge is -2.26. The Bertz CT molecular complexity index is 545. The molecule has 2 nitrogen and oxygen atoms in total. The molecule has 1 aromatic heterocycles. The highest BCUT2D eigenvalue weighted by atomic mass is 32.2. The predicted molar refractivity (Wildman–Crippen MR) is 74.9 cm³/mol. The third kappa shape index (κ3) is 2.44. The SMILES string of the molecule is O=S(Cc1csc2ccccc12)CC1CNC1. The highest BCUT2D eigenvalue weighted by molar-refractivity contribution is 7.84. The molecule has 2 aromatic rings. The average molecular weight is 265 g/mol. The summed E-state index contributed by atoms with van der Waals surface area (Å²) >= 11 is 1.75. The molecule has 90 valence electrons. The maximum atomic E-state index is 12.0. The molecule has 0 radical (unpaired) electrons. The second-order valence-corrected chi connectivity index (χ2v) is 6.95. The van der Waals surface area contributed by atoms with Gasteiger partial charge in [0.2, 0.25) is 0 Å². The lowest BCUT2D eigenvalue weighted by Crippen LogP contribution is -2.44. The van der Waals surface area contributed by atoms with E-state index >= 15 is 0 Å². The predicted octanol–water partition coefficient (Wildman–Crippen LogP) is 2.37. The van der Waals surface area contributed by atoms with Gasteiger partial charge in [-0.25, -0.2) is 0 Å². The maximum absolute atomic E-state index is 12.0. The van der Waals surface area contributed by atoms with Gasteiger partial charge in [0.25, 0.3) is 0 Å². The summed E-state index contributed by atoms with van der Waals surface area (Å²) in [5.41, 5.74) is 1.25. The van der Waals surface area contributed by atoms with Crippen molar-refractivity contribution < 1.29 is 4.21 Å². The van der Waals surface area contributed by atoms with Crippen LogP contribution in [0.25, 0.3) is 10.1 Å². The third-order valence-electron chi connectivity index (χ3n) is 3.17. The molecule has 2 heterocycles. The number of nitrogens with one attached hydrogen (secondary N) is 1. The van der Waals surface area contributed by atoms with Gasteiger partial charge in [0.1, 0.15) is 0 Å². The van der Waals surface area contributed by atoms with Crippen LogP contribution in [-0.4, -0.2) is 23.1 Å². The summed E-state index contributed by atoms with van der Waals surface area (Å²) < 4.78 is 13.3. The summed E-state index contributed by atoms with van der Waals surface area (Å²) in [6.07, 6.45) is 0. The van der Waals surface area contributed by atoms with E-state index in [0.717, 1.165) is 18.8 Å². The summed E-state index contributed by atoms with van der Waals surface area (Å²) in [5, 5.41) is 6.65. The molecule has 3 rings (SSSR count). The highest BCUT2D eigenvalue weighted by Crippen LogP contribution is 2.26. The van der Waals surface area contributed by atoms with Crippen molar-refractivity contribution in [3.63, 3.8) is 0 Å². The quantitative estimate of drug-likeness (QED) is 0.919. The van der Waals surface area contributed by atoms with Crippen molar-refractivity contribution in [3.8, 4) is 0 Å². The molecule has 1 unspecified atom stereocenters. The molecule has 0 bridgehead atoms. The second-order valence-electron chi connectivity index (χ2n) is 4.53. The third-order valence-corrected chi connectivity index (χ3v) is 5.65. The number of benzene rings is 1. The molecule has 1 aliphatic rings. The van der Waals surface area contributed by atoms with Crippen LogP contribution in [0.1, 0.15) is 5.56 Å². The Balaban J connectivity index is 1.73. The molecule has 1 N–H and O–H groups in total. The van der Waals surface area contributed by atoms with E-state index in [1.807, 2.05) is 0 Å². The maximum Gasteiger partial charge on any atom is 0.0500 e. The van der Waals surface area contributed by atoms with E-state index in [4.69, 9.17) is 0 Å². The summed E-state index contributed by atoms with van der Waals surface area (Å²) in [6, 6.07) is 8.36. The minimum Gasteiger partial charge on any atom is -0.316 e. The molecular formula is C13H15NOS2. The van der Waals surface area contributed by atoms with Gasteiger partial charge in [0, 0.05) is 40.1 Å². The summed E-state index contributed by atoms with van der Waals surface area (Å²) in [4.78, 5) is 0. The fraction of sp³-hybridized carbons (Fsp3) is 0.385. The number of hydrogen-bond acceptors (Lipinski definition) is 3. The molecule has 1 aliphatic heterocycles. The molecule has 1 saturated heterocycles. The summed E-state index contributed by atoms with van der Waals surface area (Å²) in [5.74, 6) is 2.18. The van der Waals surface area contributed by atoms with Gasteiger partial charge in [-0.3, -0.25) is 4.21 Å². The largest absolute Gasteiger partial charge is 0.316 e. The number of fused-ring (bicyclic) bond motifs is 1. The Kier molecular flexibility index (Phi) is 3.27. The van der Waals surface area contributed by atoms with Crippen molar-refractivity contribution in [2.75, 3.05) is 18.8 Å². The van der Waals surface area contributed by atoms with Crippen molar-refractivity contribution in [3.05, 3.63) is 35.2 Å². The van der Waals surface area contributed by atoms with Gasteiger partial charge in [-0.2, -0.15) is 0 Å². The van der Waals surface area contributed by atoms with Crippen molar-refractivity contribution >= 4 is 32.2 Å². The van der Waals surface area contributed by atoms with Crippen LogP contribution in [0.4, 0.5) is 0 Å². The first kappa shape index (κ1) is 11.4. The van der Waals surface area contributed by atoms with Crippen LogP contribution in [0.15, 0.2) is 29.6 Å². The fourth-order valence-electron chi connectivity index (χ4n) is 2.11. The van der Waals surface area contributed by atoms with Crippen LogP contribution in [0.3, 0.4) is 0 Å². The van der Waals surface area contributed by atoms with Crippen LogP contribution < -0.4 is 5.32 Å². The number of hydrogen-bond donors (Lipinski definition) is 1. The molecule has 0 aliphatic carbocycles. The molecule has 0 spiro atoms. The molecule has 0 saturated carbocycles. The van der Waals surface area contributed by atoms with Crippen molar-refractivity contribution in [1.29, 1.82) is 0 Å². The summed E-state index contributed by atoms with van der Waals surface area (Å²) in [7, 11) is -0.717. The minimum atomic E-state index is -0.717. The molecule has 0 amide bonds. The highest BCUT2D eigenvalue weighted by Gasteiger charge is 2.19. The summed E-state index contributed by atoms with van der Waals surface area (Å²) in [6.45, 7) is 2.08. The molecule has 1 fully saturated rings. The Morgan fingerprint density at radius 1 is 1.35 bits per heavy atom. The fourth-order valence-corrected chi connectivity index (χ4v) is 4.64. The Hall–Kier alpha value is -0.710. The van der Waals surface area contributed by atoms with E-state index in [1.54, 1.807) is 11.3 Å². The molecule has 17 heavy (non-hydrogen) atoms. The number of thiophene rings is 1. The second kappa shape index (κ2) is 4.88. The van der Waals surface area contributed by atoms with Crippen molar-refractivity contribution in [2.24, 2.45) is 5.92 Å². The normalized spacial score (nSPS) is 18.1. The van der Waals surface area contributed by atoms with Crippen molar-refractivity contribution in [1.82, 2.24) is 5.32 Å². The van der Waals surface area contributed by atoms with Crippen LogP contribution in [0, 0.1) is 5.92 Å². The van der Waals surface area contributed by atoms with Gasteiger partial charge in [-0.05, 0) is 28.3 Å². The van der Waals surface area contributed by atoms with E-state index in [1.165, 1.54) is 15.6 Å². The van der Waals surface area contributed by atoms with E-state index in [0.29, 0.717) is 11.7 Å². The zero-order valence-electron chi connectivity index (χ0n) is 9.52. The van der Waals surface area contributed by atoms with Crippen molar-refractivity contribution in [2.45, 2.75) is 5.75 Å². The lowest BCUT2D eigenvalue weighted by atomic mass is 10.1. The topological polar surface area (TPSA) is 29.1 Å². The van der Waals surface area contributed by atoms with Gasteiger partial charge in [-0.1, -0.05) is 18.2 Å². The lowest BCUT2D eigenvalue weighted by molar-refractivity contribution is 0.382. The molecule has 1 aromatic carbocycles. The van der Waals surface area contributed by atoms with E-state index < -0.39 is 10.8 Å². The smallest absolute Gasteiger partial charge is 0.0500 e. The van der Waals surface area contributed by atoms with E-state index in [2.05, 4.69) is 35.0 Å². The van der Waals surface area contributed by atoms with Gasteiger partial charge in [0.15, 0.2) is 0 Å². The van der Waals surface area contributed by atoms with Crippen LogP contribution in [-0.2, 0) is 16.6 Å². The first-order valence-corrected chi connectivity index (χ1v) is 8.20. The van der Waals surface area contributed by atoms with Gasteiger partial charge in [-0.15, -0.1) is 11.3 Å². The van der Waals surface area contributed by atoms with E-state index in [9.17, 15) is 4.21 Å². The van der Waals surface area contributed by atoms with Gasteiger partial charge in [0.05, 0.1) is 0 Å². The molecule has 1 atom stereocenters. The minimum absolute atomic E-state index is 0.626. The van der Waals surface area contributed by atoms with Gasteiger partial charge >= 0.3 is 0 Å². The van der Waals surface area contributed by atoms with Crippen LogP contribution in [0.2, 0.25) is 0 Å². The Morgan fingerprint density at radius 3 is 2.94 bits per heavy atom. The monoisotopic (exact) mass is 265 g/mol. The average Bonchev–Trinajstić information content (AvgIpc) is 2.68. The zero-order valence-corrected chi connectivity index (χ0v) is 11.2.